The number of anilines is 8. The standard InChI is InChI=1S/C26H21N9O.2C25H20N10O.C24H19N11O/c1-16-14-35(15-29-16)25-20-11-22(31-21(20)8-10-28-25)17-4-6-19(7-5-17)30-26(36)32-24-12-23(33-34-24)18-3-2-9-27-13-18;1-15-13-35(14-28-15)24-22-19(8-10-27-24)30-23(32-22)16-4-6-18(7-5-16)29-25(36)31-21-11-20(33-34-21)17-3-2-9-26-12-17;1-15-12-35(14-29-15)24-19-9-20(31-23(19)27-13-28-24)16-4-6-18(7-5-16)30-25(36)32-22-10-21(33-34-22)17-3-2-8-26-11-17;1-14-11-35(13-28-14)23-20-22(26-12-27-23)32-21(31-20)15-4-6-17(7-5-15)29-24(36)30-19-9-18(33-34-19)16-3-2-8-25-10-16/h2-15,31H,1H3,(H3,30,32,33,34,36);2-14H,1H3,(H,30,32)(H3,29,31,33,34,36);2-14H,1H3,(H,27,28,31)(H3,30,32,33,34,36);2-13H,1H3,(H,26,27,31,32)(H3,29,30,33,34,36). The van der Waals surface area contributed by atoms with E-state index in [1.807, 2.05) is 222 Å². The summed E-state index contributed by atoms with van der Waals surface area (Å²) >= 11 is 0. The number of carbonyl (C=O) groups is 4. The Bertz CT molecular complexity index is 7660. The number of aromatic nitrogens is 32. The number of carbonyl (C=O) groups excluding carboxylic acids is 4. The van der Waals surface area contributed by atoms with Gasteiger partial charge in [0.15, 0.2) is 46.4 Å². The molecule has 0 unspecified atom stereocenters. The Labute approximate surface area is 813 Å². The highest BCUT2D eigenvalue weighted by Crippen LogP contribution is 2.34. The number of aromatic amines is 8. The lowest BCUT2D eigenvalue weighted by Gasteiger charge is -2.06. The van der Waals surface area contributed by atoms with Crippen LogP contribution in [0.5, 0.6) is 0 Å². The van der Waals surface area contributed by atoms with Crippen LogP contribution < -0.4 is 42.5 Å². The van der Waals surface area contributed by atoms with E-state index in [-0.39, 0.29) is 6.03 Å². The van der Waals surface area contributed by atoms with Crippen LogP contribution in [0.25, 0.3) is 158 Å². The number of benzene rings is 4. The van der Waals surface area contributed by atoms with Gasteiger partial charge in [0.05, 0.1) is 62.0 Å². The molecule has 0 radical (unpaired) electrons. The highest BCUT2D eigenvalue weighted by molar-refractivity contribution is 6.03. The van der Waals surface area contributed by atoms with Crippen LogP contribution in [0.2, 0.25) is 0 Å². The predicted molar refractivity (Wildman–Crippen MR) is 543 cm³/mol. The molecule has 20 aromatic heterocycles. The zero-order valence-corrected chi connectivity index (χ0v) is 76.4. The molecule has 0 bridgehead atoms. The normalized spacial score (nSPS) is 11.0. The van der Waals surface area contributed by atoms with Crippen LogP contribution in [0.15, 0.2) is 319 Å². The number of H-pyrrole nitrogens is 8. The van der Waals surface area contributed by atoms with Crippen molar-refractivity contribution in [1.29, 1.82) is 0 Å². The minimum Gasteiger partial charge on any atom is -0.354 e. The number of nitrogens with zero attached hydrogens (tertiary/aromatic N) is 24. The molecule has 44 nitrogen and oxygen atoms in total. The van der Waals surface area contributed by atoms with Gasteiger partial charge < -0.3 is 41.2 Å². The fourth-order valence-corrected chi connectivity index (χ4v) is 15.5. The summed E-state index contributed by atoms with van der Waals surface area (Å²) in [6.45, 7) is 7.72. The Hall–Kier alpha value is -21.3. The van der Waals surface area contributed by atoms with Crippen LogP contribution in [0.3, 0.4) is 0 Å². The van der Waals surface area contributed by atoms with Crippen LogP contribution >= 0.6 is 0 Å². The largest absolute Gasteiger partial charge is 0.354 e. The van der Waals surface area contributed by atoms with Crippen LogP contribution in [0, 0.1) is 27.7 Å². The second kappa shape index (κ2) is 39.9. The van der Waals surface area contributed by atoms with Gasteiger partial charge in [-0.2, -0.15) is 20.4 Å². The van der Waals surface area contributed by atoms with E-state index >= 15 is 0 Å². The molecule has 0 saturated heterocycles. The lowest BCUT2D eigenvalue weighted by atomic mass is 10.1. The van der Waals surface area contributed by atoms with Crippen molar-refractivity contribution < 1.29 is 19.2 Å². The van der Waals surface area contributed by atoms with E-state index in [9.17, 15) is 19.2 Å². The summed E-state index contributed by atoms with van der Waals surface area (Å²) in [6, 6.07) is 58.1. The smallest absolute Gasteiger partial charge is 0.324 e. The van der Waals surface area contributed by atoms with Crippen molar-refractivity contribution in [3.05, 3.63) is 342 Å². The Morgan fingerprint density at radius 2 is 0.639 bits per heavy atom. The van der Waals surface area contributed by atoms with Crippen LogP contribution in [-0.2, 0) is 0 Å². The predicted octanol–water partition coefficient (Wildman–Crippen LogP) is 18.2. The first-order chi connectivity index (χ1) is 70.5. The number of urea groups is 4. The number of imidazole rings is 6. The van der Waals surface area contributed by atoms with Crippen molar-refractivity contribution in [2.24, 2.45) is 0 Å². The van der Waals surface area contributed by atoms with Gasteiger partial charge >= 0.3 is 24.1 Å². The zero-order valence-electron chi connectivity index (χ0n) is 76.4. The Morgan fingerprint density at radius 3 is 1.04 bits per heavy atom. The van der Waals surface area contributed by atoms with Crippen LogP contribution in [0.4, 0.5) is 65.2 Å². The Morgan fingerprint density at radius 1 is 0.285 bits per heavy atom. The van der Waals surface area contributed by atoms with E-state index < -0.39 is 18.1 Å². The number of nitrogens with one attached hydrogen (secondary N) is 16. The Kier molecular flexibility index (Phi) is 24.8. The molecule has 24 rings (SSSR count). The van der Waals surface area contributed by atoms with Gasteiger partial charge in [0, 0.05) is 184 Å². The maximum atomic E-state index is 12.5. The first-order valence-electron chi connectivity index (χ1n) is 44.5. The highest BCUT2D eigenvalue weighted by Gasteiger charge is 2.21. The van der Waals surface area contributed by atoms with E-state index in [0.717, 1.165) is 146 Å². The van der Waals surface area contributed by atoms with Crippen molar-refractivity contribution in [2.75, 3.05) is 42.5 Å². The number of pyridine rings is 6. The Balaban J connectivity index is 0.000000113. The zero-order chi connectivity index (χ0) is 97.9. The average Bonchev–Trinajstić information content (AvgIpc) is 1.65. The molecule has 0 atom stereocenters. The number of hydrogen-bond acceptors (Lipinski definition) is 24. The van der Waals surface area contributed by atoms with Crippen molar-refractivity contribution >= 4 is 114 Å². The van der Waals surface area contributed by atoms with Crippen LogP contribution in [0.1, 0.15) is 22.8 Å². The third-order valence-corrected chi connectivity index (χ3v) is 22.3. The molecule has 0 fully saturated rings. The summed E-state index contributed by atoms with van der Waals surface area (Å²) in [7, 11) is 0. The summed E-state index contributed by atoms with van der Waals surface area (Å²) < 4.78 is 7.47. The summed E-state index contributed by atoms with van der Waals surface area (Å²) in [5.41, 5.74) is 22.8. The topological polar surface area (TPSA) is 568 Å². The van der Waals surface area contributed by atoms with Gasteiger partial charge in [-0.25, -0.2) is 79.0 Å². The van der Waals surface area contributed by atoms with Gasteiger partial charge in [-0.15, -0.1) is 0 Å². The first-order valence-corrected chi connectivity index (χ1v) is 44.5. The molecule has 20 heterocycles. The van der Waals surface area contributed by atoms with Gasteiger partial charge in [0.1, 0.15) is 72.1 Å². The molecule has 0 aliphatic carbocycles. The number of rotatable bonds is 20. The number of fused-ring (bicyclic) bond motifs is 4. The van der Waals surface area contributed by atoms with E-state index in [1.165, 1.54) is 12.7 Å². The number of hydrogen-bond donors (Lipinski definition) is 16. The molecule has 4 aromatic carbocycles. The molecule has 0 aliphatic rings. The van der Waals surface area contributed by atoms with Gasteiger partial charge in [-0.1, -0.05) is 24.3 Å². The van der Waals surface area contributed by atoms with Crippen LogP contribution in [-0.4, -0.2) is 183 Å². The quantitative estimate of drug-likeness (QED) is 0.0337. The van der Waals surface area contributed by atoms with Gasteiger partial charge in [0.25, 0.3) is 0 Å². The third-order valence-electron chi connectivity index (χ3n) is 22.3. The van der Waals surface area contributed by atoms with E-state index in [0.29, 0.717) is 80.5 Å². The molecule has 144 heavy (non-hydrogen) atoms. The maximum Gasteiger partial charge on any atom is 0.324 e. The first kappa shape index (κ1) is 89.3. The molecule has 0 saturated carbocycles. The number of aryl methyl sites for hydroxylation is 4. The molecular formula is C100H80N40O4. The SMILES string of the molecule is Cc1cn(-c2nccc3[nH]c(-c4ccc(NC(=O)Nc5cc(-c6cccnc6)[nH]n5)cc4)cc23)cn1.Cc1cn(-c2nccc3[nH]c(-c4ccc(NC(=O)Nc5cc(-c6cccnc6)[nH]n5)cc4)nc23)cn1.Cc1cn(-c2ncnc3[nH]c(-c4ccc(NC(=O)Nc5cc(-c6cccnc6)[nH]n5)cc4)cc23)cn1.Cc1cn(-c2ncnc3nc(-c4ccc(NC(=O)Nc5cc(-c6cccnc6)[nH]n5)cc4)[nH]c23)cn1. The molecule has 8 amide bonds. The van der Waals surface area contributed by atoms with E-state index in [2.05, 4.69) is 184 Å². The fraction of sp³-hybridized carbons (Fsp3) is 0.0400. The molecule has 16 N–H and O–H groups in total. The molecule has 704 valence electrons. The lowest BCUT2D eigenvalue weighted by Crippen LogP contribution is -2.19. The monoisotopic (exact) mass is 1900 g/mol. The minimum atomic E-state index is -0.411. The molecular weight excluding hydrogens is 1830 g/mol. The van der Waals surface area contributed by atoms with E-state index in [1.54, 1.807) is 124 Å². The van der Waals surface area contributed by atoms with Gasteiger partial charge in [-0.05, 0) is 184 Å². The summed E-state index contributed by atoms with van der Waals surface area (Å²) in [5.74, 6) is 5.90. The molecule has 24 aromatic rings. The molecule has 0 spiro atoms. The summed E-state index contributed by atoms with van der Waals surface area (Å²) in [5, 5.41) is 52.1. The fourth-order valence-electron chi connectivity index (χ4n) is 15.5. The van der Waals surface area contributed by atoms with Gasteiger partial charge in [-0.3, -0.25) is 79.9 Å². The van der Waals surface area contributed by atoms with Crippen molar-refractivity contribution in [3.8, 4) is 114 Å². The second-order valence-electron chi connectivity index (χ2n) is 32.5. The van der Waals surface area contributed by atoms with Gasteiger partial charge in [0.2, 0.25) is 0 Å². The van der Waals surface area contributed by atoms with E-state index in [4.69, 9.17) is 4.98 Å². The third kappa shape index (κ3) is 20.5. The lowest BCUT2D eigenvalue weighted by molar-refractivity contribution is 0.261. The summed E-state index contributed by atoms with van der Waals surface area (Å²) in [4.78, 5) is 133. The summed E-state index contributed by atoms with van der Waals surface area (Å²) in [6.07, 6.45) is 34.8. The molecule has 44 heteroatoms. The minimum absolute atomic E-state index is 0.385. The molecule has 0 aliphatic heterocycles. The average molecular weight is 1910 g/mol. The maximum absolute atomic E-state index is 12.5. The van der Waals surface area contributed by atoms with Crippen molar-refractivity contribution in [3.63, 3.8) is 0 Å². The number of amides is 8. The second-order valence-corrected chi connectivity index (χ2v) is 32.5. The highest BCUT2D eigenvalue weighted by atomic mass is 16.2. The van der Waals surface area contributed by atoms with Crippen molar-refractivity contribution in [1.82, 2.24) is 159 Å². The van der Waals surface area contributed by atoms with Crippen molar-refractivity contribution in [2.45, 2.75) is 27.7 Å².